The van der Waals surface area contributed by atoms with Gasteiger partial charge in [0.1, 0.15) is 0 Å². The molecule has 0 unspecified atom stereocenters. The van der Waals surface area contributed by atoms with Crippen LogP contribution in [0.3, 0.4) is 0 Å². The summed E-state index contributed by atoms with van der Waals surface area (Å²) < 4.78 is 0. The van der Waals surface area contributed by atoms with E-state index >= 15 is 0 Å². The Labute approximate surface area is 78.8 Å². The Morgan fingerprint density at radius 2 is 1.55 bits per heavy atom. The molecule has 0 radical (unpaired) electrons. The van der Waals surface area contributed by atoms with Crippen molar-refractivity contribution in [2.45, 2.75) is 19.8 Å². The quantitative estimate of drug-likeness (QED) is 0.657. The van der Waals surface area contributed by atoms with Crippen LogP contribution in [0.2, 0.25) is 0 Å². The summed E-state index contributed by atoms with van der Waals surface area (Å²) in [5, 5.41) is 3.18. The van der Waals surface area contributed by atoms with Crippen molar-refractivity contribution in [3.05, 3.63) is 35.9 Å². The van der Waals surface area contributed by atoms with Crippen LogP contribution in [0.4, 0.5) is 0 Å². The van der Waals surface area contributed by atoms with Crippen molar-refractivity contribution in [2.24, 2.45) is 0 Å². The fourth-order valence-corrected chi connectivity index (χ4v) is 0.838. The molecule has 0 saturated heterocycles. The summed E-state index contributed by atoms with van der Waals surface area (Å²) in [6.45, 7) is 4.41. The third-order valence-corrected chi connectivity index (χ3v) is 1.47. The summed E-state index contributed by atoms with van der Waals surface area (Å²) in [5.74, 6) is 0.659. The third-order valence-electron chi connectivity index (χ3n) is 1.47. The minimum absolute atomic E-state index is 0.659. The maximum atomic E-state index is 3.18. The van der Waals surface area contributed by atoms with E-state index in [-0.39, 0.29) is 0 Å². The predicted molar refractivity (Wildman–Crippen MR) is 47.7 cm³/mol. The Hall–Kier alpha value is -0.287. The summed E-state index contributed by atoms with van der Waals surface area (Å²) in [7, 11) is 0. The first-order chi connectivity index (χ1) is 5.30. The number of hydrogen-bond acceptors (Lipinski definition) is 0. The Morgan fingerprint density at radius 3 is 1.82 bits per heavy atom. The molecule has 0 aliphatic rings. The van der Waals surface area contributed by atoms with Gasteiger partial charge in [0, 0.05) is 0 Å². The van der Waals surface area contributed by atoms with Crippen LogP contribution in [0.25, 0.3) is 0 Å². The molecule has 0 saturated carbocycles. The molecule has 0 aliphatic carbocycles. The Balaban J connectivity index is 0.000000461. The first-order valence-corrected chi connectivity index (χ1v) is 4.83. The molecule has 0 spiro atoms. The van der Waals surface area contributed by atoms with E-state index in [4.69, 9.17) is 0 Å². The molecule has 0 N–H and O–H groups in total. The number of benzene rings is 1. The molecule has 0 nitrogen and oxygen atoms in total. The summed E-state index contributed by atoms with van der Waals surface area (Å²) >= 11 is 2.10. The van der Waals surface area contributed by atoms with E-state index in [2.05, 4.69) is 61.1 Å². The topological polar surface area (TPSA) is 0 Å². The molecule has 0 bridgehead atoms. The fourth-order valence-electron chi connectivity index (χ4n) is 0.838. The van der Waals surface area contributed by atoms with Gasteiger partial charge in [0.05, 0.1) is 0 Å². The SMILES string of the molecule is CC(C)c1ccccc1.[CH2]=[Ru]. The molecule has 1 aromatic carbocycles. The van der Waals surface area contributed by atoms with Crippen molar-refractivity contribution in [3.8, 4) is 0 Å². The van der Waals surface area contributed by atoms with Crippen molar-refractivity contribution >= 4 is 5.11 Å². The molecular weight excluding hydrogens is 221 g/mol. The monoisotopic (exact) mass is 236 g/mol. The van der Waals surface area contributed by atoms with E-state index < -0.39 is 0 Å². The molecule has 0 atom stereocenters. The normalized spacial score (nSPS) is 8.73. The van der Waals surface area contributed by atoms with E-state index in [1.807, 2.05) is 6.07 Å². The van der Waals surface area contributed by atoms with E-state index in [0.29, 0.717) is 5.92 Å². The minimum atomic E-state index is 0.659. The van der Waals surface area contributed by atoms with E-state index in [9.17, 15) is 0 Å². The molecule has 0 aromatic heterocycles. The second-order valence-electron chi connectivity index (χ2n) is 2.57. The van der Waals surface area contributed by atoms with Gasteiger partial charge in [-0.15, -0.1) is 0 Å². The molecule has 62 valence electrons. The van der Waals surface area contributed by atoms with E-state index in [1.54, 1.807) is 0 Å². The van der Waals surface area contributed by atoms with Gasteiger partial charge in [-0.3, -0.25) is 0 Å². The van der Waals surface area contributed by atoms with Gasteiger partial charge >= 0.3 is 23.0 Å². The van der Waals surface area contributed by atoms with Crippen LogP contribution in [0.5, 0.6) is 0 Å². The third kappa shape index (κ3) is 4.21. The standard InChI is InChI=1S/C9H12.CH2.Ru/c1-8(2)9-6-4-3-5-7-9;;/h3-8H,1-2H3;1H2;. The second-order valence-corrected chi connectivity index (χ2v) is 2.57. The van der Waals surface area contributed by atoms with Crippen molar-refractivity contribution < 1.29 is 17.9 Å². The average molecular weight is 235 g/mol. The first kappa shape index (κ1) is 10.7. The molecule has 0 heterocycles. The summed E-state index contributed by atoms with van der Waals surface area (Å²) in [6.07, 6.45) is 0. The molecule has 11 heavy (non-hydrogen) atoms. The zero-order valence-electron chi connectivity index (χ0n) is 7.02. The molecule has 0 aliphatic heterocycles. The zero-order valence-corrected chi connectivity index (χ0v) is 8.76. The van der Waals surface area contributed by atoms with Gasteiger partial charge in [0.2, 0.25) is 0 Å². The zero-order chi connectivity index (χ0) is 8.69. The summed E-state index contributed by atoms with van der Waals surface area (Å²) in [4.78, 5) is 0. The molecule has 0 amide bonds. The molecule has 1 heteroatoms. The van der Waals surface area contributed by atoms with Gasteiger partial charge in [-0.1, -0.05) is 44.2 Å². The van der Waals surface area contributed by atoms with Crippen LogP contribution in [-0.4, -0.2) is 5.11 Å². The Bertz CT molecular complexity index is 179. The Kier molecular flexibility index (Phi) is 6.26. The van der Waals surface area contributed by atoms with Crippen LogP contribution in [0.15, 0.2) is 30.3 Å². The van der Waals surface area contributed by atoms with Crippen molar-refractivity contribution in [3.63, 3.8) is 0 Å². The van der Waals surface area contributed by atoms with Gasteiger partial charge in [-0.05, 0) is 11.5 Å². The number of hydrogen-bond donors (Lipinski definition) is 0. The van der Waals surface area contributed by atoms with Crippen LogP contribution in [0, 0.1) is 0 Å². The first-order valence-electron chi connectivity index (χ1n) is 3.60. The van der Waals surface area contributed by atoms with Crippen LogP contribution in [0.1, 0.15) is 25.3 Å². The van der Waals surface area contributed by atoms with Gasteiger partial charge < -0.3 is 0 Å². The van der Waals surface area contributed by atoms with Crippen LogP contribution >= 0.6 is 0 Å². The van der Waals surface area contributed by atoms with Gasteiger partial charge in [-0.25, -0.2) is 0 Å². The van der Waals surface area contributed by atoms with Gasteiger partial charge in [0.25, 0.3) is 0 Å². The van der Waals surface area contributed by atoms with Crippen molar-refractivity contribution in [1.82, 2.24) is 0 Å². The van der Waals surface area contributed by atoms with Gasteiger partial charge in [-0.2, -0.15) is 0 Å². The average Bonchev–Trinajstić information content (AvgIpc) is 2.10. The summed E-state index contributed by atoms with van der Waals surface area (Å²) in [6, 6.07) is 10.5. The molecule has 0 fully saturated rings. The summed E-state index contributed by atoms with van der Waals surface area (Å²) in [5.41, 5.74) is 1.41. The second kappa shape index (κ2) is 6.43. The predicted octanol–water partition coefficient (Wildman–Crippen LogP) is 2.78. The molecule has 1 aromatic rings. The fraction of sp³-hybridized carbons (Fsp3) is 0.300. The van der Waals surface area contributed by atoms with Gasteiger partial charge in [0.15, 0.2) is 0 Å². The van der Waals surface area contributed by atoms with E-state index in [0.717, 1.165) is 0 Å². The van der Waals surface area contributed by atoms with E-state index in [1.165, 1.54) is 5.56 Å². The van der Waals surface area contributed by atoms with Crippen molar-refractivity contribution in [1.29, 1.82) is 0 Å². The van der Waals surface area contributed by atoms with Crippen molar-refractivity contribution in [2.75, 3.05) is 0 Å². The molecular formula is C10H14Ru. The number of rotatable bonds is 1. The Morgan fingerprint density at radius 1 is 1.09 bits per heavy atom. The van der Waals surface area contributed by atoms with Crippen LogP contribution in [-0.2, 0) is 17.9 Å². The van der Waals surface area contributed by atoms with Crippen LogP contribution < -0.4 is 0 Å². The molecule has 1 rings (SSSR count). The maximum absolute atomic E-state index is 3.18.